The van der Waals surface area contributed by atoms with E-state index in [9.17, 15) is 0 Å². The predicted octanol–water partition coefficient (Wildman–Crippen LogP) is 3.74. The smallest absolute Gasteiger partial charge is 0.0133 e. The van der Waals surface area contributed by atoms with Gasteiger partial charge in [0.25, 0.3) is 0 Å². The van der Waals surface area contributed by atoms with E-state index in [-0.39, 0.29) is 0 Å². The Hall–Kier alpha value is -0.820. The maximum Gasteiger partial charge on any atom is 0.0133 e. The molecule has 1 aromatic carbocycles. The molecule has 0 bridgehead atoms. The van der Waals surface area contributed by atoms with Crippen LogP contribution in [0.3, 0.4) is 0 Å². The molecule has 0 heterocycles. The minimum absolute atomic E-state index is 0.654. The first kappa shape index (κ1) is 12.6. The lowest BCUT2D eigenvalue weighted by atomic mass is 9.88. The van der Waals surface area contributed by atoms with Crippen molar-refractivity contribution in [1.29, 1.82) is 0 Å². The van der Waals surface area contributed by atoms with E-state index in [4.69, 9.17) is 0 Å². The van der Waals surface area contributed by atoms with Gasteiger partial charge < -0.3 is 5.32 Å². The van der Waals surface area contributed by atoms with Gasteiger partial charge in [-0.1, -0.05) is 38.1 Å². The van der Waals surface area contributed by atoms with Crippen molar-refractivity contribution in [2.75, 3.05) is 7.05 Å². The molecule has 1 N–H and O–H groups in total. The highest BCUT2D eigenvalue weighted by Gasteiger charge is 2.28. The normalized spacial score (nSPS) is 20.6. The number of likely N-dealkylation sites (N-methyl/N-ethyl adjacent to an activating group) is 1. The zero-order valence-electron chi connectivity index (χ0n) is 11.4. The molecule has 2 rings (SSSR count). The number of rotatable bonds is 5. The van der Waals surface area contributed by atoms with Crippen LogP contribution in [0.15, 0.2) is 24.3 Å². The zero-order chi connectivity index (χ0) is 12.3. The largest absolute Gasteiger partial charge is 0.316 e. The summed E-state index contributed by atoms with van der Waals surface area (Å²) in [6.45, 7) is 4.63. The van der Waals surface area contributed by atoms with E-state index in [1.54, 1.807) is 11.1 Å². The van der Waals surface area contributed by atoms with Gasteiger partial charge in [0.15, 0.2) is 0 Å². The second kappa shape index (κ2) is 5.68. The topological polar surface area (TPSA) is 12.0 Å². The number of fused-ring (bicyclic) bond motifs is 1. The Balaban J connectivity index is 2.06. The van der Waals surface area contributed by atoms with E-state index in [1.807, 2.05) is 0 Å². The van der Waals surface area contributed by atoms with Gasteiger partial charge in [0.05, 0.1) is 0 Å². The van der Waals surface area contributed by atoms with E-state index < -0.39 is 0 Å². The Labute approximate surface area is 106 Å². The molecule has 0 spiro atoms. The number of hydrogen-bond donors (Lipinski definition) is 1. The summed E-state index contributed by atoms with van der Waals surface area (Å²) in [6.07, 6.45) is 5.21. The molecule has 0 amide bonds. The van der Waals surface area contributed by atoms with Crippen LogP contribution in [0.25, 0.3) is 0 Å². The van der Waals surface area contributed by atoms with Gasteiger partial charge in [0, 0.05) is 6.04 Å². The van der Waals surface area contributed by atoms with Gasteiger partial charge in [-0.15, -0.1) is 0 Å². The standard InChI is InChI=1S/C16H25N/c1-12(2)8-11-16(17-3)15-10-9-13-6-4-5-7-14(13)15/h4-7,12,15-17H,8-11H2,1-3H3. The van der Waals surface area contributed by atoms with Crippen molar-refractivity contribution >= 4 is 0 Å². The highest BCUT2D eigenvalue weighted by molar-refractivity contribution is 5.35. The van der Waals surface area contributed by atoms with Crippen molar-refractivity contribution < 1.29 is 0 Å². The van der Waals surface area contributed by atoms with Crippen molar-refractivity contribution in [3.63, 3.8) is 0 Å². The van der Waals surface area contributed by atoms with Gasteiger partial charge in [0.1, 0.15) is 0 Å². The number of aryl methyl sites for hydroxylation is 1. The van der Waals surface area contributed by atoms with Gasteiger partial charge in [-0.2, -0.15) is 0 Å². The molecular formula is C16H25N. The monoisotopic (exact) mass is 231 g/mol. The van der Waals surface area contributed by atoms with Crippen LogP contribution in [-0.4, -0.2) is 13.1 Å². The summed E-state index contributed by atoms with van der Waals surface area (Å²) in [7, 11) is 2.12. The lowest BCUT2D eigenvalue weighted by Crippen LogP contribution is -2.31. The highest BCUT2D eigenvalue weighted by Crippen LogP contribution is 2.36. The van der Waals surface area contributed by atoms with Crippen molar-refractivity contribution in [3.8, 4) is 0 Å². The number of nitrogens with one attached hydrogen (secondary N) is 1. The van der Waals surface area contributed by atoms with E-state index in [0.29, 0.717) is 6.04 Å². The molecule has 1 nitrogen and oxygen atoms in total. The van der Waals surface area contributed by atoms with Crippen LogP contribution in [-0.2, 0) is 6.42 Å². The summed E-state index contributed by atoms with van der Waals surface area (Å²) in [4.78, 5) is 0. The van der Waals surface area contributed by atoms with Crippen LogP contribution in [0.4, 0.5) is 0 Å². The maximum absolute atomic E-state index is 3.54. The Morgan fingerprint density at radius 1 is 1.24 bits per heavy atom. The Kier molecular flexibility index (Phi) is 4.22. The number of benzene rings is 1. The van der Waals surface area contributed by atoms with Crippen molar-refractivity contribution in [2.45, 2.75) is 51.5 Å². The summed E-state index contributed by atoms with van der Waals surface area (Å²) >= 11 is 0. The second-order valence-corrected chi connectivity index (χ2v) is 5.71. The molecule has 2 atom stereocenters. The predicted molar refractivity (Wildman–Crippen MR) is 74.4 cm³/mol. The van der Waals surface area contributed by atoms with Crippen LogP contribution in [0.1, 0.15) is 50.2 Å². The molecule has 1 aliphatic rings. The molecule has 94 valence electrons. The van der Waals surface area contributed by atoms with E-state index in [0.717, 1.165) is 11.8 Å². The first-order valence-electron chi connectivity index (χ1n) is 6.97. The van der Waals surface area contributed by atoms with Crippen LogP contribution in [0.2, 0.25) is 0 Å². The SMILES string of the molecule is CNC(CCC(C)C)C1CCc2ccccc21. The first-order chi connectivity index (χ1) is 8.22. The summed E-state index contributed by atoms with van der Waals surface area (Å²) in [5.41, 5.74) is 3.16. The molecule has 1 aliphatic carbocycles. The second-order valence-electron chi connectivity index (χ2n) is 5.71. The molecule has 0 saturated carbocycles. The molecule has 0 aromatic heterocycles. The van der Waals surface area contributed by atoms with Gasteiger partial charge in [-0.05, 0) is 55.7 Å². The fraction of sp³-hybridized carbons (Fsp3) is 0.625. The third-order valence-corrected chi connectivity index (χ3v) is 4.09. The molecule has 17 heavy (non-hydrogen) atoms. The molecule has 0 radical (unpaired) electrons. The highest BCUT2D eigenvalue weighted by atomic mass is 14.9. The number of hydrogen-bond acceptors (Lipinski definition) is 1. The van der Waals surface area contributed by atoms with Crippen molar-refractivity contribution in [2.24, 2.45) is 5.92 Å². The van der Waals surface area contributed by atoms with Gasteiger partial charge in [-0.3, -0.25) is 0 Å². The average molecular weight is 231 g/mol. The van der Waals surface area contributed by atoms with E-state index in [2.05, 4.69) is 50.5 Å². The Bertz CT molecular complexity index is 356. The molecule has 0 fully saturated rings. The van der Waals surface area contributed by atoms with E-state index >= 15 is 0 Å². The van der Waals surface area contributed by atoms with Gasteiger partial charge in [-0.25, -0.2) is 0 Å². The van der Waals surface area contributed by atoms with Crippen molar-refractivity contribution in [1.82, 2.24) is 5.32 Å². The molecule has 2 unspecified atom stereocenters. The van der Waals surface area contributed by atoms with Crippen LogP contribution in [0.5, 0.6) is 0 Å². The summed E-state index contributed by atoms with van der Waals surface area (Å²) in [6, 6.07) is 9.63. The van der Waals surface area contributed by atoms with Gasteiger partial charge >= 0.3 is 0 Å². The molecule has 1 heteroatoms. The van der Waals surface area contributed by atoms with Crippen LogP contribution >= 0.6 is 0 Å². The summed E-state index contributed by atoms with van der Waals surface area (Å²) < 4.78 is 0. The molecular weight excluding hydrogens is 206 g/mol. The average Bonchev–Trinajstić information content (AvgIpc) is 2.74. The summed E-state index contributed by atoms with van der Waals surface area (Å²) in [5.74, 6) is 1.54. The minimum Gasteiger partial charge on any atom is -0.316 e. The van der Waals surface area contributed by atoms with Crippen LogP contribution in [0, 0.1) is 5.92 Å². The Morgan fingerprint density at radius 3 is 2.71 bits per heavy atom. The fourth-order valence-electron chi connectivity index (χ4n) is 3.07. The van der Waals surface area contributed by atoms with E-state index in [1.165, 1.54) is 25.7 Å². The lowest BCUT2D eigenvalue weighted by Gasteiger charge is -2.25. The third kappa shape index (κ3) is 2.90. The Morgan fingerprint density at radius 2 is 2.00 bits per heavy atom. The lowest BCUT2D eigenvalue weighted by molar-refractivity contribution is 0.394. The molecule has 0 aliphatic heterocycles. The van der Waals surface area contributed by atoms with Crippen molar-refractivity contribution in [3.05, 3.63) is 35.4 Å². The molecule has 1 aromatic rings. The first-order valence-corrected chi connectivity index (χ1v) is 6.97. The maximum atomic E-state index is 3.54. The quantitative estimate of drug-likeness (QED) is 0.814. The van der Waals surface area contributed by atoms with Crippen LogP contribution < -0.4 is 5.32 Å². The molecule has 0 saturated heterocycles. The summed E-state index contributed by atoms with van der Waals surface area (Å²) in [5, 5.41) is 3.54. The third-order valence-electron chi connectivity index (χ3n) is 4.09. The van der Waals surface area contributed by atoms with Gasteiger partial charge in [0.2, 0.25) is 0 Å². The minimum atomic E-state index is 0.654. The fourth-order valence-corrected chi connectivity index (χ4v) is 3.07. The zero-order valence-corrected chi connectivity index (χ0v) is 11.4.